The van der Waals surface area contributed by atoms with E-state index in [1.54, 1.807) is 67.6 Å². The molecule has 20 heteroatoms. The first-order valence-corrected chi connectivity index (χ1v) is 29.3. The highest BCUT2D eigenvalue weighted by Gasteiger charge is 2.76. The van der Waals surface area contributed by atoms with Crippen LogP contribution in [0.3, 0.4) is 0 Å². The van der Waals surface area contributed by atoms with Gasteiger partial charge in [0.1, 0.15) is 12.4 Å². The number of imide groups is 1. The number of benzene rings is 2. The van der Waals surface area contributed by atoms with Crippen LogP contribution in [0.5, 0.6) is 5.75 Å². The molecule has 2 aromatic carbocycles. The van der Waals surface area contributed by atoms with Crippen LogP contribution < -0.4 is 25.6 Å². The molecule has 11 atom stereocenters. The highest BCUT2D eigenvalue weighted by molar-refractivity contribution is 6.28. The van der Waals surface area contributed by atoms with E-state index in [9.17, 15) is 43.5 Å². The zero-order valence-electron chi connectivity index (χ0n) is 48.7. The fourth-order valence-electron chi connectivity index (χ4n) is 13.4. The minimum absolute atomic E-state index is 0.0214. The van der Waals surface area contributed by atoms with Crippen molar-refractivity contribution < 1.29 is 76.6 Å². The Hall–Kier alpha value is -6.26. The van der Waals surface area contributed by atoms with Crippen LogP contribution in [0.1, 0.15) is 98.5 Å². The molecule has 0 aromatic heterocycles. The molecule has 0 radical (unpaired) electrons. The Morgan fingerprint density at radius 1 is 0.819 bits per heavy atom. The van der Waals surface area contributed by atoms with E-state index in [1.165, 1.54) is 12.2 Å². The summed E-state index contributed by atoms with van der Waals surface area (Å²) in [6, 6.07) is 12.5. The number of ketones is 3. The quantitative estimate of drug-likeness (QED) is 0.0520. The van der Waals surface area contributed by atoms with Crippen molar-refractivity contribution in [2.75, 3.05) is 76.2 Å². The lowest BCUT2D eigenvalue weighted by atomic mass is 9.46. The van der Waals surface area contributed by atoms with Gasteiger partial charge in [0, 0.05) is 59.9 Å². The average Bonchev–Trinajstić information content (AvgIpc) is 1.62. The Kier molecular flexibility index (Phi) is 21.2. The SMILES string of the molecule is CCCC1O[C@@H]2C[C@H]3[C@@H]4CCC5=CC(=O)C=C[C@]5(C)[C@H]4[C@@H](O)C[C@]3(C)[C@]2(C(=O)COc2ccc(NC(=O)[C@H](C)CC(=O)[C@@H](NC(=O)CCOCCOCCOCCOCCNC(=O)Cc3ccc(N4C(=O)C=CC4=O)cc3)C(C)C)cc2)O1. The van der Waals surface area contributed by atoms with Crippen LogP contribution in [-0.4, -0.2) is 148 Å². The summed E-state index contributed by atoms with van der Waals surface area (Å²) in [5, 5.41) is 20.5. The molecular weight excluding hydrogens is 1070 g/mol. The van der Waals surface area contributed by atoms with Gasteiger partial charge in [0.15, 0.2) is 23.5 Å². The molecule has 83 heavy (non-hydrogen) atoms. The number of hydrogen-bond acceptors (Lipinski definition) is 16. The van der Waals surface area contributed by atoms with E-state index in [4.69, 9.17) is 33.2 Å². The number of ether oxygens (including phenoxy) is 7. The molecule has 4 N–H and O–H groups in total. The third kappa shape index (κ3) is 14.5. The second-order valence-corrected chi connectivity index (χ2v) is 23.5. The molecule has 2 aromatic rings. The van der Waals surface area contributed by atoms with Crippen molar-refractivity contribution in [2.45, 2.75) is 129 Å². The highest BCUT2D eigenvalue weighted by atomic mass is 16.7. The smallest absolute Gasteiger partial charge is 0.258 e. The molecule has 2 aliphatic heterocycles. The van der Waals surface area contributed by atoms with Crippen molar-refractivity contribution in [3.8, 4) is 5.75 Å². The number of hydrogen-bond donors (Lipinski definition) is 4. The van der Waals surface area contributed by atoms with Gasteiger partial charge in [-0.2, -0.15) is 0 Å². The molecule has 1 saturated heterocycles. The molecule has 4 fully saturated rings. The van der Waals surface area contributed by atoms with E-state index in [0.29, 0.717) is 76.0 Å². The summed E-state index contributed by atoms with van der Waals surface area (Å²) in [5.41, 5.74) is 0.206. The van der Waals surface area contributed by atoms with Crippen LogP contribution in [-0.2, 0) is 73.2 Å². The van der Waals surface area contributed by atoms with Gasteiger partial charge >= 0.3 is 0 Å². The normalized spacial score (nSPS) is 27.5. The number of aliphatic hydroxyl groups excluding tert-OH is 1. The van der Waals surface area contributed by atoms with Crippen molar-refractivity contribution in [2.24, 2.45) is 40.4 Å². The van der Waals surface area contributed by atoms with Gasteiger partial charge in [-0.25, -0.2) is 4.90 Å². The van der Waals surface area contributed by atoms with E-state index in [2.05, 4.69) is 29.8 Å². The number of rotatable bonds is 31. The minimum atomic E-state index is -1.32. The number of fused-ring (bicyclic) bond motifs is 7. The lowest BCUT2D eigenvalue weighted by molar-refractivity contribution is -0.200. The summed E-state index contributed by atoms with van der Waals surface area (Å²) in [4.78, 5) is 104. The zero-order chi connectivity index (χ0) is 59.5. The number of carbonyl (C=O) groups excluding carboxylic acids is 8. The summed E-state index contributed by atoms with van der Waals surface area (Å²) in [6.07, 6.45) is 10.0. The van der Waals surface area contributed by atoms with E-state index < -0.39 is 58.7 Å². The maximum Gasteiger partial charge on any atom is 0.258 e. The molecule has 2 heterocycles. The van der Waals surface area contributed by atoms with Gasteiger partial charge in [0.2, 0.25) is 23.5 Å². The van der Waals surface area contributed by atoms with E-state index in [0.717, 1.165) is 35.3 Å². The largest absolute Gasteiger partial charge is 0.486 e. The number of anilines is 2. The monoisotopic (exact) mass is 1150 g/mol. The number of nitrogens with one attached hydrogen (secondary N) is 3. The standard InChI is InChI=1S/C63H82N4O16/c1-7-8-57-82-52-36-48-47-18-11-42-35-45(68)21-23-61(42,5)58(47)50(70)37-62(48,6)63(52,83-57)51(71)38-81-46-16-12-43(13-17-46)65-60(76)40(4)33-49(69)59(39(2)3)66-53(72)22-25-77-27-29-79-31-32-80-30-28-78-26-24-64-54(73)34-41-9-14-44(15-10-41)67-55(74)19-20-56(67)75/h9-10,12-17,19-21,23,35,39-40,47-48,50,52,57-59,70H,7-8,11,18,22,24-34,36-38H2,1-6H3,(H,64,73)(H,65,76)(H,66,72)/t40-,47+,48+,50+,52-,57?,58-,59+,61+,62+,63-/m1/s1. The first-order valence-electron chi connectivity index (χ1n) is 29.3. The van der Waals surface area contributed by atoms with Gasteiger partial charge in [-0.05, 0) is 104 Å². The first-order chi connectivity index (χ1) is 39.8. The summed E-state index contributed by atoms with van der Waals surface area (Å²) in [7, 11) is 0. The maximum absolute atomic E-state index is 14.7. The predicted octanol–water partition coefficient (Wildman–Crippen LogP) is 5.72. The Balaban J connectivity index is 0.678. The van der Waals surface area contributed by atoms with Gasteiger partial charge in [-0.1, -0.05) is 71.7 Å². The molecule has 8 rings (SSSR count). The van der Waals surface area contributed by atoms with Gasteiger partial charge in [-0.15, -0.1) is 0 Å². The minimum Gasteiger partial charge on any atom is -0.486 e. The van der Waals surface area contributed by atoms with Gasteiger partial charge in [0.05, 0.1) is 83.2 Å². The van der Waals surface area contributed by atoms with Gasteiger partial charge < -0.3 is 54.2 Å². The van der Waals surface area contributed by atoms with Crippen molar-refractivity contribution in [1.29, 1.82) is 0 Å². The summed E-state index contributed by atoms with van der Waals surface area (Å²) >= 11 is 0. The second kappa shape index (κ2) is 28.1. The molecule has 0 spiro atoms. The van der Waals surface area contributed by atoms with Gasteiger partial charge in [-0.3, -0.25) is 38.4 Å². The van der Waals surface area contributed by atoms with Crippen molar-refractivity contribution in [1.82, 2.24) is 10.6 Å². The Morgan fingerprint density at radius 3 is 2.12 bits per heavy atom. The maximum atomic E-state index is 14.7. The molecule has 3 saturated carbocycles. The Bertz CT molecular complexity index is 2760. The molecule has 5 amide bonds. The topological polar surface area (TPSA) is 261 Å². The number of amides is 5. The molecule has 1 unspecified atom stereocenters. The number of carbonyl (C=O) groups is 8. The third-order valence-electron chi connectivity index (χ3n) is 17.5. The summed E-state index contributed by atoms with van der Waals surface area (Å²) < 4.78 is 41.6. The molecule has 4 aliphatic carbocycles. The zero-order valence-corrected chi connectivity index (χ0v) is 48.7. The molecule has 0 bridgehead atoms. The molecule has 6 aliphatic rings. The first kappa shape index (κ1) is 62.8. The fraction of sp³-hybridized carbons (Fsp3) is 0.587. The Morgan fingerprint density at radius 2 is 1.47 bits per heavy atom. The summed E-state index contributed by atoms with van der Waals surface area (Å²) in [5.74, 6) is -2.77. The number of allylic oxidation sites excluding steroid dienone is 4. The molecule has 450 valence electrons. The average molecular weight is 1150 g/mol. The highest BCUT2D eigenvalue weighted by Crippen LogP contribution is 2.69. The van der Waals surface area contributed by atoms with Crippen molar-refractivity contribution >= 4 is 58.3 Å². The van der Waals surface area contributed by atoms with E-state index in [1.807, 2.05) is 26.8 Å². The summed E-state index contributed by atoms with van der Waals surface area (Å²) in [6.45, 7) is 13.9. The van der Waals surface area contributed by atoms with Crippen LogP contribution in [0.2, 0.25) is 0 Å². The predicted molar refractivity (Wildman–Crippen MR) is 305 cm³/mol. The van der Waals surface area contributed by atoms with Crippen molar-refractivity contribution in [3.05, 3.63) is 90.0 Å². The van der Waals surface area contributed by atoms with Gasteiger partial charge in [0.25, 0.3) is 11.8 Å². The van der Waals surface area contributed by atoms with E-state index >= 15 is 0 Å². The van der Waals surface area contributed by atoms with E-state index in [-0.39, 0.29) is 104 Å². The van der Waals surface area contributed by atoms with Crippen LogP contribution in [0.25, 0.3) is 0 Å². The fourth-order valence-corrected chi connectivity index (χ4v) is 13.4. The lowest BCUT2D eigenvalue weighted by Crippen LogP contribution is -2.63. The van der Waals surface area contributed by atoms with Crippen LogP contribution in [0, 0.1) is 40.4 Å². The van der Waals surface area contributed by atoms with Crippen LogP contribution in [0.4, 0.5) is 11.4 Å². The molecule has 20 nitrogen and oxygen atoms in total. The number of aliphatic hydroxyl groups is 1. The second-order valence-electron chi connectivity index (χ2n) is 23.5. The van der Waals surface area contributed by atoms with Crippen molar-refractivity contribution in [3.63, 3.8) is 0 Å². The van der Waals surface area contributed by atoms with Crippen LogP contribution >= 0.6 is 0 Å². The third-order valence-corrected chi connectivity index (χ3v) is 17.5. The Labute approximate surface area is 485 Å². The molecular formula is C63H82N4O16. The number of Topliss-reactive ketones (excluding diaryl/α,β-unsaturated/α-hetero) is 2. The lowest BCUT2D eigenvalue weighted by Gasteiger charge is -2.59. The number of nitrogens with zero attached hydrogens (tertiary/aromatic N) is 1. The van der Waals surface area contributed by atoms with Crippen LogP contribution in [0.15, 0.2) is 84.5 Å².